The average Bonchev–Trinajstić information content (AvgIpc) is 1.03. The van der Waals surface area contributed by atoms with E-state index in [9.17, 15) is 72.2 Å². The normalized spacial score (nSPS) is 13.4. The van der Waals surface area contributed by atoms with Gasteiger partial charge in [0.25, 0.3) is 17.7 Å². The molecular weight excluding hydrogens is 2090 g/mol. The maximum atomic E-state index is 14.8. The van der Waals surface area contributed by atoms with Crippen molar-refractivity contribution in [3.63, 3.8) is 0 Å². The first-order valence-electron chi connectivity index (χ1n) is 42.2. The number of carbonyl (C=O) groups is 3. The summed E-state index contributed by atoms with van der Waals surface area (Å²) in [5, 5.41) is 43.5. The van der Waals surface area contributed by atoms with E-state index in [1.54, 1.807) is 122 Å². The fraction of sp³-hybridized carbons (Fsp3) is 0.277. The van der Waals surface area contributed by atoms with Gasteiger partial charge in [-0.25, -0.2) is 36.9 Å². The Morgan fingerprint density at radius 2 is 0.723 bits per heavy atom. The second-order valence-corrected chi connectivity index (χ2v) is 35.5. The number of nitrogens with zero attached hydrogens (tertiary/aromatic N) is 8. The fourth-order valence-electron chi connectivity index (χ4n) is 12.4. The van der Waals surface area contributed by atoms with Gasteiger partial charge in [-0.3, -0.25) is 28.0 Å². The summed E-state index contributed by atoms with van der Waals surface area (Å²) in [6.45, 7) is 25.0. The third kappa shape index (κ3) is 37.8. The first kappa shape index (κ1) is 116. The van der Waals surface area contributed by atoms with Gasteiger partial charge in [0.2, 0.25) is 0 Å². The number of nitrogens with one attached hydrogen (secondary N) is 4. The van der Waals surface area contributed by atoms with Crippen molar-refractivity contribution in [2.75, 3.05) is 62.0 Å². The average molecular weight is 2190 g/mol. The van der Waals surface area contributed by atoms with E-state index in [-0.39, 0.29) is 69.9 Å². The number of alkyl halides is 9. The SMILES string of the molecule is Cc1cc(C(=O)Nc2cc(F)cc(C(OCC3CC3)c3ccccc3)c2)n(-c2cccc(CN)c2)n1.NCCNCCN.O=S(=O)(O)C(F)(F)F.O=S(=O)(O)C(F)(F)F.O=S(=O)(O)C(F)(F)F.OCC1CC1.[C-]#[N+]c1cccc(-n2nc(C)cc2C(=O)Nc2cc(F)cc(C(O)c3ccccc3)c2)c1.[C-]#[N+]c1cccc(-n2nc(C)cc2C(=O)Nc2cc(F)cc(C(OCC3CC3)c3ccccc3)c2)c1.[Yb]. The molecule has 0 aliphatic heterocycles. The topological polar surface area (TPSA) is 462 Å². The molecule has 0 spiro atoms. The van der Waals surface area contributed by atoms with Gasteiger partial charge in [-0.15, -0.1) is 0 Å². The third-order valence-electron chi connectivity index (χ3n) is 19.6. The van der Waals surface area contributed by atoms with Gasteiger partial charge >= 0.3 is 46.9 Å². The standard InChI is InChI=1S/C29H25FN4O2.C29H29FN4O2.C25H19FN4O2.C4H13N3.C4H8O.3CHF3O3S.Yb/c1-19-13-27(34(33-19)26-10-6-9-24(17-26)31-2)29(35)32-25-15-22(14-23(30)16-25)28(36-18-20-11-12-20)21-7-4-3-5-8-21;1-19-12-27(34(33-19)26-9-5-6-21(13-26)17-31)29(35)32-25-15-23(14-24(30)16-25)28(36-18-20-10-11-20)22-7-3-2-4-8-22;1-16-11-23(30(29-16)22-10-6-9-20(15-22)27-2)25(32)28-21-13-18(12-19(26)14-21)24(31)17-7-4-3-5-8-17;5-1-3-7-4-2-6;5-3-4-1-2-4;3*2-1(3,4)8(5,6)7;/h3-10,13-17,20,28H,11-12,18H2,1H3,(H,32,35);2-9,12-16,20,28H,10-11,17-18,31H2,1H3,(H,32,35);3-15,24,31H,1H3,(H,28,32);7H,1-6H2;4-5H,1-3H2;3*(H,5,6,7);. The second-order valence-electron chi connectivity index (χ2n) is 31.2. The number of hydrogen-bond acceptors (Lipinski definition) is 20. The van der Waals surface area contributed by atoms with Gasteiger partial charge in [0, 0.05) is 103 Å². The molecule has 3 heterocycles. The van der Waals surface area contributed by atoms with Crippen molar-refractivity contribution in [1.29, 1.82) is 0 Å². The van der Waals surface area contributed by atoms with E-state index in [1.807, 2.05) is 97.9 Å². The van der Waals surface area contributed by atoms with Crippen LogP contribution in [-0.2, 0) is 46.4 Å². The number of anilines is 3. The quantitative estimate of drug-likeness (QED) is 0.00748. The Morgan fingerprint density at radius 1 is 0.426 bits per heavy atom. The zero-order valence-corrected chi connectivity index (χ0v) is 79.1. The summed E-state index contributed by atoms with van der Waals surface area (Å²) in [4.78, 5) is 46.5. The number of ether oxygens (including phenoxy) is 2. The Hall–Kier alpha value is -11.9. The molecule has 3 aliphatic rings. The Bertz CT molecular complexity index is 6510. The van der Waals surface area contributed by atoms with E-state index in [0.29, 0.717) is 136 Å². The van der Waals surface area contributed by atoms with Gasteiger partial charge in [0.15, 0.2) is 11.4 Å². The van der Waals surface area contributed by atoms with Gasteiger partial charge in [0.1, 0.15) is 52.8 Å². The number of hydrogen-bond donors (Lipinski definition) is 12. The summed E-state index contributed by atoms with van der Waals surface area (Å²) < 4.78 is 233. The monoisotopic (exact) mass is 2190 g/mol. The van der Waals surface area contributed by atoms with Gasteiger partial charge in [-0.2, -0.15) is 80.1 Å². The van der Waals surface area contributed by atoms with E-state index < -0.39 is 94.5 Å². The first-order chi connectivity index (χ1) is 66.0. The van der Waals surface area contributed by atoms with E-state index in [1.165, 1.54) is 64.7 Å². The number of benzene rings is 9. The molecule has 3 atom stereocenters. The molecule has 3 saturated carbocycles. The number of amides is 3. The van der Waals surface area contributed by atoms with Gasteiger partial charge < -0.3 is 58.2 Å². The molecule has 15 rings (SSSR count). The van der Waals surface area contributed by atoms with Crippen LogP contribution in [0.25, 0.3) is 26.8 Å². The minimum absolute atomic E-state index is 0. The van der Waals surface area contributed by atoms with Crippen LogP contribution in [-0.4, -0.2) is 159 Å². The van der Waals surface area contributed by atoms with Crippen molar-refractivity contribution < 1.29 is 173 Å². The molecule has 47 heteroatoms. The Kier molecular flexibility index (Phi) is 44.3. The number of aliphatic hydroxyl groups is 2. The summed E-state index contributed by atoms with van der Waals surface area (Å²) in [5.74, 6) is -1.01. The smallest absolute Gasteiger partial charge is 0.396 e. The number of carbonyl (C=O) groups excluding carboxylic acids is 3. The summed E-state index contributed by atoms with van der Waals surface area (Å²) in [6.07, 6.45) is 5.24. The van der Waals surface area contributed by atoms with Crippen LogP contribution in [0.4, 0.5) is 81.1 Å². The minimum atomic E-state index is -5.84. The molecule has 3 unspecified atom stereocenters. The van der Waals surface area contributed by atoms with Crippen molar-refractivity contribution in [2.24, 2.45) is 35.0 Å². The maximum Gasteiger partial charge on any atom is 0.522 e. The number of rotatable bonds is 27. The predicted molar refractivity (Wildman–Crippen MR) is 496 cm³/mol. The molecule has 0 bridgehead atoms. The largest absolute Gasteiger partial charge is 0.522 e. The molecule has 0 radical (unpaired) electrons. The maximum absolute atomic E-state index is 14.8. The molecule has 3 fully saturated rings. The van der Waals surface area contributed by atoms with Crippen LogP contribution in [0.3, 0.4) is 0 Å². The van der Waals surface area contributed by atoms with Gasteiger partial charge in [-0.05, 0) is 225 Å². The molecule has 141 heavy (non-hydrogen) atoms. The minimum Gasteiger partial charge on any atom is -0.396 e. The van der Waals surface area contributed by atoms with Crippen molar-refractivity contribution in [3.05, 3.63) is 350 Å². The molecule has 0 saturated heterocycles. The van der Waals surface area contributed by atoms with Crippen LogP contribution < -0.4 is 38.5 Å². The Labute approximate surface area is 842 Å². The summed E-state index contributed by atoms with van der Waals surface area (Å²) >= 11 is 0. The first-order valence-corrected chi connectivity index (χ1v) is 46.6. The van der Waals surface area contributed by atoms with E-state index in [2.05, 4.69) is 46.3 Å². The summed E-state index contributed by atoms with van der Waals surface area (Å²) in [6, 6.07) is 67.5. The number of aryl methyl sites for hydroxylation is 3. The zero-order valence-electron chi connectivity index (χ0n) is 74.9. The van der Waals surface area contributed by atoms with Crippen LogP contribution in [0.1, 0.15) is 144 Å². The molecule has 9 aromatic carbocycles. The van der Waals surface area contributed by atoms with E-state index >= 15 is 0 Å². The van der Waals surface area contributed by atoms with Crippen molar-refractivity contribution >= 4 is 76.5 Å². The van der Waals surface area contributed by atoms with Crippen molar-refractivity contribution in [3.8, 4) is 17.1 Å². The molecule has 3 aromatic heterocycles. The molecule has 12 aromatic rings. The number of aliphatic hydroxyl groups excluding tert-OH is 2. The molecule has 760 valence electrons. The van der Waals surface area contributed by atoms with Crippen molar-refractivity contribution in [1.82, 2.24) is 34.7 Å². The zero-order chi connectivity index (χ0) is 103. The Balaban J connectivity index is 0.000000243. The molecule has 3 amide bonds. The second kappa shape index (κ2) is 53.8. The van der Waals surface area contributed by atoms with Crippen LogP contribution in [0.5, 0.6) is 0 Å². The number of nitrogens with two attached hydrogens (primary N) is 3. The fourth-order valence-corrected chi connectivity index (χ4v) is 12.4. The molecule has 3 aliphatic carbocycles. The Morgan fingerprint density at radius 3 is 1.01 bits per heavy atom. The van der Waals surface area contributed by atoms with E-state index in [0.717, 1.165) is 61.2 Å². The third-order valence-corrected chi connectivity index (χ3v) is 21.4. The van der Waals surface area contributed by atoms with E-state index in [4.69, 9.17) is 83.8 Å². The number of halogens is 12. The van der Waals surface area contributed by atoms with Crippen LogP contribution in [0.2, 0.25) is 0 Å². The predicted octanol–water partition coefficient (Wildman–Crippen LogP) is 17.5. The van der Waals surface area contributed by atoms with Crippen molar-refractivity contribution in [2.45, 2.75) is 101 Å². The van der Waals surface area contributed by atoms with Crippen LogP contribution in [0.15, 0.2) is 237 Å². The van der Waals surface area contributed by atoms with Gasteiger partial charge in [0.05, 0.1) is 60.5 Å². The molecule has 31 nitrogen and oxygen atoms in total. The summed E-state index contributed by atoms with van der Waals surface area (Å²) in [7, 11) is -17.5. The molecule has 15 N–H and O–H groups in total. The summed E-state index contributed by atoms with van der Waals surface area (Å²) in [5.41, 5.74) is 11.0. The molecular formula is C94H97F12N15O16S3Yb. The van der Waals surface area contributed by atoms with Crippen LogP contribution in [0, 0.1) is 116 Å². The van der Waals surface area contributed by atoms with Crippen LogP contribution >= 0.6 is 0 Å². The van der Waals surface area contributed by atoms with Gasteiger partial charge in [-0.1, -0.05) is 127 Å². The number of aromatic nitrogens is 6.